The Kier molecular flexibility index (Phi) is 16.3. The molecule has 5 nitrogen and oxygen atoms in total. The summed E-state index contributed by atoms with van der Waals surface area (Å²) in [5, 5.41) is 2.85. The van der Waals surface area contributed by atoms with Gasteiger partial charge in [-0.25, -0.2) is 0 Å². The zero-order valence-electron chi connectivity index (χ0n) is 11.5. The van der Waals surface area contributed by atoms with Crippen molar-refractivity contribution < 1.29 is 18.1 Å². The van der Waals surface area contributed by atoms with Gasteiger partial charge in [0, 0.05) is 40.3 Å². The summed E-state index contributed by atoms with van der Waals surface area (Å²) in [6, 6.07) is 0.711. The van der Waals surface area contributed by atoms with Gasteiger partial charge in [-0.05, 0) is 12.8 Å². The number of carbonyl (C=O) groups excluding carboxylic acids is 1. The normalized spacial score (nSPS) is 10.4. The summed E-state index contributed by atoms with van der Waals surface area (Å²) in [4.78, 5) is 11.2. The van der Waals surface area contributed by atoms with Gasteiger partial charge < -0.3 is 18.6 Å². The minimum atomic E-state index is -2.46. The molecular formula is C10H23NO4Se2Si. The van der Waals surface area contributed by atoms with Crippen LogP contribution >= 0.6 is 0 Å². The summed E-state index contributed by atoms with van der Waals surface area (Å²) in [6.07, 6.45) is 2.26. The van der Waals surface area contributed by atoms with Gasteiger partial charge in [0.25, 0.3) is 0 Å². The van der Waals surface area contributed by atoms with Crippen molar-refractivity contribution in [2.45, 2.75) is 32.2 Å². The summed E-state index contributed by atoms with van der Waals surface area (Å²) < 4.78 is 15.8. The zero-order valence-corrected chi connectivity index (χ0v) is 15.9. The molecule has 0 aromatic heterocycles. The molecule has 0 aromatic rings. The van der Waals surface area contributed by atoms with Crippen molar-refractivity contribution in [1.82, 2.24) is 5.32 Å². The van der Waals surface area contributed by atoms with E-state index in [0.29, 0.717) is 19.0 Å². The Morgan fingerprint density at radius 2 is 1.67 bits per heavy atom. The average molecular weight is 407 g/mol. The van der Waals surface area contributed by atoms with Crippen LogP contribution in [0, 0.1) is 0 Å². The van der Waals surface area contributed by atoms with Crippen LogP contribution in [0.15, 0.2) is 0 Å². The van der Waals surface area contributed by atoms with Crippen molar-refractivity contribution in [2.24, 2.45) is 0 Å². The molecule has 0 unspecified atom stereocenters. The van der Waals surface area contributed by atoms with Gasteiger partial charge in [-0.15, -0.1) is 0 Å². The number of rotatable bonds is 9. The molecule has 0 atom stereocenters. The molecule has 0 rings (SSSR count). The third kappa shape index (κ3) is 9.52. The molecule has 0 saturated carbocycles. The van der Waals surface area contributed by atoms with Gasteiger partial charge in [-0.2, -0.15) is 0 Å². The average Bonchev–Trinajstić information content (AvgIpc) is 2.42. The van der Waals surface area contributed by atoms with Crippen molar-refractivity contribution in [3.05, 3.63) is 0 Å². The molecule has 0 aromatic carbocycles. The number of hydrogen-bond donors (Lipinski definition) is 1. The maximum atomic E-state index is 11.2. The van der Waals surface area contributed by atoms with Gasteiger partial charge >= 0.3 is 36.1 Å². The Bertz CT molecular complexity index is 210. The van der Waals surface area contributed by atoms with E-state index in [1.807, 2.05) is 6.92 Å². The molecule has 0 aliphatic carbocycles. The topological polar surface area (TPSA) is 56.8 Å². The van der Waals surface area contributed by atoms with E-state index in [-0.39, 0.29) is 5.91 Å². The second-order valence-electron chi connectivity index (χ2n) is 3.50. The third-order valence-electron chi connectivity index (χ3n) is 2.39. The Hall–Kier alpha value is 0.606. The van der Waals surface area contributed by atoms with Crippen LogP contribution in [-0.2, 0) is 18.1 Å². The maximum absolute atomic E-state index is 11.2. The fraction of sp³-hybridized carbons (Fsp3) is 0.900. The monoisotopic (exact) mass is 409 g/mol. The van der Waals surface area contributed by atoms with Crippen LogP contribution in [0.25, 0.3) is 0 Å². The minimum absolute atomic E-state index is 0.0991. The van der Waals surface area contributed by atoms with Gasteiger partial charge in [0.1, 0.15) is 0 Å². The van der Waals surface area contributed by atoms with Crippen molar-refractivity contribution in [1.29, 1.82) is 0 Å². The number of carbonyl (C=O) groups is 1. The van der Waals surface area contributed by atoms with Crippen LogP contribution in [0.4, 0.5) is 0 Å². The Labute approximate surface area is 125 Å². The molecule has 1 amide bonds. The van der Waals surface area contributed by atoms with Crippen molar-refractivity contribution in [3.63, 3.8) is 0 Å². The Morgan fingerprint density at radius 3 is 2.06 bits per heavy atom. The first-order valence-corrected chi connectivity index (χ1v) is 12.0. The molecular weight excluding hydrogens is 384 g/mol. The second kappa shape index (κ2) is 14.0. The van der Waals surface area contributed by atoms with Crippen molar-refractivity contribution in [2.75, 3.05) is 27.9 Å². The van der Waals surface area contributed by atoms with Crippen LogP contribution in [0.3, 0.4) is 0 Å². The van der Waals surface area contributed by atoms with E-state index < -0.39 is 8.80 Å². The van der Waals surface area contributed by atoms with E-state index in [9.17, 15) is 4.79 Å². The van der Waals surface area contributed by atoms with Gasteiger partial charge in [0.05, 0.1) is 0 Å². The molecule has 0 aliphatic rings. The van der Waals surface area contributed by atoms with Crippen molar-refractivity contribution in [3.8, 4) is 0 Å². The fourth-order valence-corrected chi connectivity index (χ4v) is 3.13. The van der Waals surface area contributed by atoms with E-state index in [0.717, 1.165) is 12.8 Å². The van der Waals surface area contributed by atoms with E-state index >= 15 is 0 Å². The molecule has 8 heteroatoms. The Morgan fingerprint density at radius 1 is 1.17 bits per heavy atom. The number of nitrogens with one attached hydrogen (secondary N) is 1. The quantitative estimate of drug-likeness (QED) is 0.445. The standard InChI is InChI=1S/C10H23NO4Si.Se2/c1-5-7-10(12)11-8-6-9-16(13-2,14-3)15-4;1-2/h5-9H2,1-4H3,(H,11,12);. The van der Waals surface area contributed by atoms with Gasteiger partial charge in [-0.3, -0.25) is 4.79 Å². The van der Waals surface area contributed by atoms with Gasteiger partial charge in [0.15, 0.2) is 0 Å². The molecule has 0 fully saturated rings. The molecule has 18 heavy (non-hydrogen) atoms. The molecule has 1 N–H and O–H groups in total. The first-order chi connectivity index (χ1) is 8.64. The fourth-order valence-electron chi connectivity index (χ4n) is 1.40. The molecule has 108 valence electrons. The number of hydrogen-bond acceptors (Lipinski definition) is 4. The van der Waals surface area contributed by atoms with E-state index in [1.165, 1.54) is 0 Å². The summed E-state index contributed by atoms with van der Waals surface area (Å²) in [6.45, 7) is 2.63. The van der Waals surface area contributed by atoms with E-state index in [1.54, 1.807) is 21.3 Å². The summed E-state index contributed by atoms with van der Waals surface area (Å²) in [5.74, 6) is 0.0991. The predicted molar refractivity (Wildman–Crippen MR) is 75.6 cm³/mol. The van der Waals surface area contributed by atoms with Crippen LogP contribution in [0.5, 0.6) is 0 Å². The molecule has 0 heterocycles. The van der Waals surface area contributed by atoms with Crippen molar-refractivity contribution >= 4 is 42.0 Å². The first kappa shape index (κ1) is 20.9. The van der Waals surface area contributed by atoms with Gasteiger partial charge in [0.2, 0.25) is 5.91 Å². The van der Waals surface area contributed by atoms with Crippen LogP contribution < -0.4 is 5.32 Å². The molecule has 0 radical (unpaired) electrons. The van der Waals surface area contributed by atoms with Gasteiger partial charge in [-0.1, -0.05) is 6.92 Å². The second-order valence-corrected chi connectivity index (χ2v) is 6.59. The molecule has 0 spiro atoms. The molecule has 0 saturated heterocycles. The SMILES string of the molecule is CCCC(=O)NCCC[Si](OC)(OC)OC.[Se]=[Se]. The predicted octanol–water partition coefficient (Wildman–Crippen LogP) is 0.409. The summed E-state index contributed by atoms with van der Waals surface area (Å²) in [5.41, 5.74) is 0. The summed E-state index contributed by atoms with van der Waals surface area (Å²) in [7, 11) is 2.32. The number of amides is 1. The van der Waals surface area contributed by atoms with E-state index in [2.05, 4.69) is 32.6 Å². The van der Waals surface area contributed by atoms with Crippen LogP contribution in [-0.4, -0.2) is 69.9 Å². The van der Waals surface area contributed by atoms with E-state index in [4.69, 9.17) is 13.3 Å². The van der Waals surface area contributed by atoms with Crippen LogP contribution in [0.1, 0.15) is 26.2 Å². The summed E-state index contributed by atoms with van der Waals surface area (Å²) >= 11 is 5.00. The first-order valence-electron chi connectivity index (χ1n) is 5.73. The molecule has 0 bridgehead atoms. The third-order valence-corrected chi connectivity index (χ3v) is 5.22. The van der Waals surface area contributed by atoms with Crippen LogP contribution in [0.2, 0.25) is 6.04 Å². The Balaban J connectivity index is 0. The zero-order chi connectivity index (χ0) is 14.4. The molecule has 0 aliphatic heterocycles.